The average molecular weight is 277 g/mol. The second kappa shape index (κ2) is 6.35. The van der Waals surface area contributed by atoms with Gasteiger partial charge in [-0.1, -0.05) is 0 Å². The van der Waals surface area contributed by atoms with Gasteiger partial charge in [-0.3, -0.25) is 4.79 Å². The molecule has 1 aromatic rings. The van der Waals surface area contributed by atoms with E-state index < -0.39 is 0 Å². The van der Waals surface area contributed by atoms with Crippen molar-refractivity contribution in [2.45, 2.75) is 19.1 Å². The standard InChI is InChI=1S/C11H16N2O2S.ClH/c1-8-5-13(11(14)4-12)6-10(15-8)9-2-3-16-7-9;/h2-3,7-8,10H,4-6,12H2,1H3;1H. The third-order valence-electron chi connectivity index (χ3n) is 2.70. The van der Waals surface area contributed by atoms with Crippen molar-refractivity contribution in [3.8, 4) is 0 Å². The summed E-state index contributed by atoms with van der Waals surface area (Å²) in [5.41, 5.74) is 6.53. The summed E-state index contributed by atoms with van der Waals surface area (Å²) < 4.78 is 5.83. The highest BCUT2D eigenvalue weighted by Gasteiger charge is 2.28. The molecule has 96 valence electrons. The SMILES string of the molecule is CC1CN(C(=O)CN)CC(c2ccsc2)O1.Cl. The lowest BCUT2D eigenvalue weighted by Crippen LogP contribution is -2.47. The number of hydrogen-bond donors (Lipinski definition) is 1. The Labute approximate surface area is 111 Å². The van der Waals surface area contributed by atoms with Crippen LogP contribution in [0.4, 0.5) is 0 Å². The van der Waals surface area contributed by atoms with Gasteiger partial charge in [0, 0.05) is 6.54 Å². The van der Waals surface area contributed by atoms with Crippen molar-refractivity contribution in [3.63, 3.8) is 0 Å². The van der Waals surface area contributed by atoms with Crippen LogP contribution in [0, 0.1) is 0 Å². The molecule has 0 aromatic carbocycles. The van der Waals surface area contributed by atoms with E-state index in [9.17, 15) is 4.79 Å². The Kier molecular flexibility index (Phi) is 5.39. The second-order valence-corrected chi connectivity index (χ2v) is 4.77. The normalized spacial score (nSPS) is 24.2. The number of carbonyl (C=O) groups is 1. The van der Waals surface area contributed by atoms with E-state index in [1.807, 2.05) is 18.4 Å². The fourth-order valence-corrected chi connectivity index (χ4v) is 2.63. The summed E-state index contributed by atoms with van der Waals surface area (Å²) in [6.07, 6.45) is 0.0552. The monoisotopic (exact) mass is 276 g/mol. The maximum atomic E-state index is 11.6. The summed E-state index contributed by atoms with van der Waals surface area (Å²) in [6.45, 7) is 3.30. The second-order valence-electron chi connectivity index (χ2n) is 3.99. The highest BCUT2D eigenvalue weighted by Crippen LogP contribution is 2.26. The smallest absolute Gasteiger partial charge is 0.236 e. The number of thiophene rings is 1. The van der Waals surface area contributed by atoms with E-state index in [0.29, 0.717) is 13.1 Å². The van der Waals surface area contributed by atoms with E-state index in [1.54, 1.807) is 16.2 Å². The predicted octanol–water partition coefficient (Wildman–Crippen LogP) is 1.42. The van der Waals surface area contributed by atoms with E-state index in [-0.39, 0.29) is 37.1 Å². The maximum Gasteiger partial charge on any atom is 0.236 e. The van der Waals surface area contributed by atoms with Crippen LogP contribution in [0.15, 0.2) is 16.8 Å². The molecule has 1 aromatic heterocycles. The highest BCUT2D eigenvalue weighted by atomic mass is 35.5. The van der Waals surface area contributed by atoms with E-state index in [4.69, 9.17) is 10.5 Å². The number of carbonyl (C=O) groups excluding carboxylic acids is 1. The first-order valence-corrected chi connectivity index (χ1v) is 6.30. The maximum absolute atomic E-state index is 11.6. The molecular weight excluding hydrogens is 260 g/mol. The lowest BCUT2D eigenvalue weighted by atomic mass is 10.1. The summed E-state index contributed by atoms with van der Waals surface area (Å²) in [6, 6.07) is 2.04. The minimum atomic E-state index is -0.00880. The molecular formula is C11H17ClN2O2S. The molecule has 2 atom stereocenters. The Bertz CT molecular complexity index is 358. The summed E-state index contributed by atoms with van der Waals surface area (Å²) in [4.78, 5) is 13.4. The Hall–Kier alpha value is -0.620. The van der Waals surface area contributed by atoms with Crippen molar-refractivity contribution in [3.05, 3.63) is 22.4 Å². The van der Waals surface area contributed by atoms with E-state index in [0.717, 1.165) is 5.56 Å². The zero-order chi connectivity index (χ0) is 11.5. The Balaban J connectivity index is 0.00000144. The first-order valence-electron chi connectivity index (χ1n) is 5.36. The molecule has 4 nitrogen and oxygen atoms in total. The molecule has 0 spiro atoms. The van der Waals surface area contributed by atoms with E-state index in [1.165, 1.54) is 0 Å². The predicted molar refractivity (Wildman–Crippen MR) is 70.5 cm³/mol. The minimum absolute atomic E-state index is 0. The van der Waals surface area contributed by atoms with Gasteiger partial charge in [-0.05, 0) is 29.3 Å². The van der Waals surface area contributed by atoms with Crippen molar-refractivity contribution < 1.29 is 9.53 Å². The Morgan fingerprint density at radius 1 is 1.65 bits per heavy atom. The van der Waals surface area contributed by atoms with Crippen LogP contribution >= 0.6 is 23.7 Å². The van der Waals surface area contributed by atoms with Gasteiger partial charge in [0.2, 0.25) is 5.91 Å². The molecule has 0 radical (unpaired) electrons. The largest absolute Gasteiger partial charge is 0.367 e. The van der Waals surface area contributed by atoms with Crippen molar-refractivity contribution in [1.29, 1.82) is 0 Å². The molecule has 1 saturated heterocycles. The summed E-state index contributed by atoms with van der Waals surface area (Å²) in [5.74, 6) is -0.00428. The number of hydrogen-bond acceptors (Lipinski definition) is 4. The van der Waals surface area contributed by atoms with E-state index in [2.05, 4.69) is 5.38 Å². The number of ether oxygens (including phenoxy) is 1. The number of nitrogens with two attached hydrogens (primary N) is 1. The van der Waals surface area contributed by atoms with Crippen molar-refractivity contribution >= 4 is 29.7 Å². The Morgan fingerprint density at radius 3 is 3.00 bits per heavy atom. The minimum Gasteiger partial charge on any atom is -0.367 e. The molecule has 2 heterocycles. The van der Waals surface area contributed by atoms with Crippen molar-refractivity contribution in [2.75, 3.05) is 19.6 Å². The molecule has 1 aliphatic heterocycles. The third kappa shape index (κ3) is 3.42. The van der Waals surface area contributed by atoms with Gasteiger partial charge in [-0.25, -0.2) is 0 Å². The fraction of sp³-hybridized carbons (Fsp3) is 0.545. The molecule has 2 N–H and O–H groups in total. The molecule has 17 heavy (non-hydrogen) atoms. The molecule has 1 amide bonds. The summed E-state index contributed by atoms with van der Waals surface area (Å²) in [7, 11) is 0. The quantitative estimate of drug-likeness (QED) is 0.889. The van der Waals surface area contributed by atoms with Gasteiger partial charge in [0.15, 0.2) is 0 Å². The lowest BCUT2D eigenvalue weighted by Gasteiger charge is -2.36. The van der Waals surface area contributed by atoms with Crippen LogP contribution in [0.3, 0.4) is 0 Å². The molecule has 1 fully saturated rings. The fourth-order valence-electron chi connectivity index (χ4n) is 1.93. The topological polar surface area (TPSA) is 55.6 Å². The molecule has 0 bridgehead atoms. The van der Waals surface area contributed by atoms with Crippen LogP contribution in [-0.4, -0.2) is 36.5 Å². The number of amides is 1. The van der Waals surface area contributed by atoms with Crippen LogP contribution in [0.2, 0.25) is 0 Å². The van der Waals surface area contributed by atoms with Crippen LogP contribution in [0.5, 0.6) is 0 Å². The zero-order valence-electron chi connectivity index (χ0n) is 9.67. The van der Waals surface area contributed by atoms with Crippen molar-refractivity contribution in [2.24, 2.45) is 5.73 Å². The van der Waals surface area contributed by atoms with E-state index >= 15 is 0 Å². The average Bonchev–Trinajstić information content (AvgIpc) is 2.80. The van der Waals surface area contributed by atoms with Crippen molar-refractivity contribution in [1.82, 2.24) is 4.90 Å². The number of halogens is 1. The van der Waals surface area contributed by atoms with Gasteiger partial charge in [0.1, 0.15) is 6.10 Å². The molecule has 2 unspecified atom stereocenters. The van der Waals surface area contributed by atoms with Gasteiger partial charge >= 0.3 is 0 Å². The number of morpholine rings is 1. The van der Waals surface area contributed by atoms with Gasteiger partial charge < -0.3 is 15.4 Å². The van der Waals surface area contributed by atoms with Crippen LogP contribution in [0.1, 0.15) is 18.6 Å². The van der Waals surface area contributed by atoms with Gasteiger partial charge in [0.05, 0.1) is 19.2 Å². The Morgan fingerprint density at radius 2 is 2.41 bits per heavy atom. The van der Waals surface area contributed by atoms with Gasteiger partial charge in [-0.2, -0.15) is 11.3 Å². The molecule has 6 heteroatoms. The molecule has 1 aliphatic rings. The first kappa shape index (κ1) is 14.4. The first-order chi connectivity index (χ1) is 7.70. The number of rotatable bonds is 2. The highest BCUT2D eigenvalue weighted by molar-refractivity contribution is 7.07. The number of nitrogens with zero attached hydrogens (tertiary/aromatic N) is 1. The molecule has 0 aliphatic carbocycles. The van der Waals surface area contributed by atoms with Crippen LogP contribution < -0.4 is 5.73 Å². The summed E-state index contributed by atoms with van der Waals surface area (Å²) in [5, 5.41) is 4.08. The van der Waals surface area contributed by atoms with Crippen LogP contribution in [-0.2, 0) is 9.53 Å². The van der Waals surface area contributed by atoms with Gasteiger partial charge in [-0.15, -0.1) is 12.4 Å². The van der Waals surface area contributed by atoms with Crippen LogP contribution in [0.25, 0.3) is 0 Å². The lowest BCUT2D eigenvalue weighted by molar-refractivity contribution is -0.143. The molecule has 2 rings (SSSR count). The van der Waals surface area contributed by atoms with Gasteiger partial charge in [0.25, 0.3) is 0 Å². The zero-order valence-corrected chi connectivity index (χ0v) is 11.3. The third-order valence-corrected chi connectivity index (χ3v) is 3.40. The molecule has 0 saturated carbocycles. The summed E-state index contributed by atoms with van der Waals surface area (Å²) >= 11 is 1.64.